The molecule has 2 aliphatic rings. The van der Waals surface area contributed by atoms with Crippen molar-refractivity contribution in [1.82, 2.24) is 0 Å². The lowest BCUT2D eigenvalue weighted by atomic mass is 9.89. The number of hydrogen-bond acceptors (Lipinski definition) is 6. The van der Waals surface area contributed by atoms with E-state index in [1.807, 2.05) is 18.2 Å². The van der Waals surface area contributed by atoms with Crippen LogP contribution in [0.25, 0.3) is 0 Å². The van der Waals surface area contributed by atoms with Gasteiger partial charge in [-0.2, -0.15) is 0 Å². The lowest BCUT2D eigenvalue weighted by Gasteiger charge is -2.18. The Bertz CT molecular complexity index is 1060. The molecule has 0 fully saturated rings. The summed E-state index contributed by atoms with van der Waals surface area (Å²) in [6, 6.07) is 10.4. The zero-order chi connectivity index (χ0) is 21.8. The minimum Gasteiger partial charge on any atom is -0.482 e. The fraction of sp³-hybridized carbons (Fsp3) is 0.333. The van der Waals surface area contributed by atoms with E-state index in [-0.39, 0.29) is 31.1 Å². The van der Waals surface area contributed by atoms with Crippen LogP contribution in [0, 0.1) is 0 Å². The molecule has 2 aromatic rings. The first-order valence-electron chi connectivity index (χ1n) is 10.4. The third-order valence-electron chi connectivity index (χ3n) is 5.53. The van der Waals surface area contributed by atoms with Gasteiger partial charge in [-0.1, -0.05) is 12.1 Å². The minimum atomic E-state index is -0.603. The Morgan fingerprint density at radius 1 is 0.903 bits per heavy atom. The average molecular weight is 421 g/mol. The topological polar surface area (TPSA) is 98.8 Å². The van der Waals surface area contributed by atoms with Gasteiger partial charge in [-0.15, -0.1) is 0 Å². The van der Waals surface area contributed by atoms with E-state index in [4.69, 9.17) is 9.47 Å². The van der Waals surface area contributed by atoms with Gasteiger partial charge in [-0.25, -0.2) is 0 Å². The van der Waals surface area contributed by atoms with Gasteiger partial charge in [0.05, 0.1) is 12.1 Å². The Balaban J connectivity index is 1.26. The summed E-state index contributed by atoms with van der Waals surface area (Å²) in [6.07, 6.45) is 4.30. The molecule has 1 amide bonds. The number of Topliss-reactive ketones (excluding diaryl/α,β-unsaturated/α-hetero) is 2. The zero-order valence-electron chi connectivity index (χ0n) is 17.1. The number of rotatable bonds is 7. The van der Waals surface area contributed by atoms with E-state index < -0.39 is 18.4 Å². The molecule has 1 aliphatic carbocycles. The molecule has 1 aliphatic heterocycles. The third-order valence-corrected chi connectivity index (χ3v) is 5.53. The second-order valence-electron chi connectivity index (χ2n) is 7.75. The predicted octanol–water partition coefficient (Wildman–Crippen LogP) is 3.29. The Morgan fingerprint density at radius 3 is 2.48 bits per heavy atom. The second-order valence-corrected chi connectivity index (χ2v) is 7.75. The van der Waals surface area contributed by atoms with Gasteiger partial charge in [0.2, 0.25) is 0 Å². The maximum atomic E-state index is 12.4. The van der Waals surface area contributed by atoms with Gasteiger partial charge in [0, 0.05) is 17.5 Å². The van der Waals surface area contributed by atoms with Crippen LogP contribution in [0.15, 0.2) is 36.4 Å². The fourth-order valence-electron chi connectivity index (χ4n) is 3.82. The van der Waals surface area contributed by atoms with Crippen LogP contribution in [0.1, 0.15) is 57.5 Å². The quantitative estimate of drug-likeness (QED) is 0.544. The number of benzene rings is 2. The van der Waals surface area contributed by atoms with Crippen LogP contribution in [-0.4, -0.2) is 36.7 Å². The molecule has 0 unspecified atom stereocenters. The molecule has 0 radical (unpaired) electrons. The zero-order valence-corrected chi connectivity index (χ0v) is 17.1. The smallest absolute Gasteiger partial charge is 0.306 e. The first-order valence-corrected chi connectivity index (χ1v) is 10.4. The number of ether oxygens (including phenoxy) is 2. The molecule has 4 rings (SSSR count). The molecule has 31 heavy (non-hydrogen) atoms. The van der Waals surface area contributed by atoms with Crippen LogP contribution in [0.3, 0.4) is 0 Å². The molecule has 0 saturated heterocycles. The summed E-state index contributed by atoms with van der Waals surface area (Å²) in [5.41, 5.74) is 3.83. The largest absolute Gasteiger partial charge is 0.482 e. The molecular weight excluding hydrogens is 398 g/mol. The van der Waals surface area contributed by atoms with E-state index in [9.17, 15) is 19.2 Å². The van der Waals surface area contributed by atoms with Crippen molar-refractivity contribution in [3.8, 4) is 5.75 Å². The van der Waals surface area contributed by atoms with Gasteiger partial charge in [0.25, 0.3) is 5.91 Å². The third kappa shape index (κ3) is 4.99. The summed E-state index contributed by atoms with van der Waals surface area (Å²) in [5, 5.41) is 2.63. The molecular formula is C24H23NO6. The molecule has 160 valence electrons. The molecule has 0 bridgehead atoms. The van der Waals surface area contributed by atoms with E-state index in [1.54, 1.807) is 12.1 Å². The molecule has 7 heteroatoms. The van der Waals surface area contributed by atoms with Gasteiger partial charge < -0.3 is 14.8 Å². The Morgan fingerprint density at radius 2 is 1.65 bits per heavy atom. The maximum Gasteiger partial charge on any atom is 0.306 e. The van der Waals surface area contributed by atoms with Crippen LogP contribution in [0.2, 0.25) is 0 Å². The fourth-order valence-corrected chi connectivity index (χ4v) is 3.82. The summed E-state index contributed by atoms with van der Waals surface area (Å²) in [6.45, 7) is -0.498. The summed E-state index contributed by atoms with van der Waals surface area (Å²) < 4.78 is 10.3. The van der Waals surface area contributed by atoms with Crippen LogP contribution < -0.4 is 10.1 Å². The van der Waals surface area contributed by atoms with Crippen molar-refractivity contribution in [3.63, 3.8) is 0 Å². The van der Waals surface area contributed by atoms with Crippen molar-refractivity contribution in [3.05, 3.63) is 58.7 Å². The number of anilines is 1. The van der Waals surface area contributed by atoms with Crippen LogP contribution in [-0.2, 0) is 27.2 Å². The molecule has 0 spiro atoms. The van der Waals surface area contributed by atoms with Crippen molar-refractivity contribution < 1.29 is 28.7 Å². The van der Waals surface area contributed by atoms with Crippen molar-refractivity contribution >= 4 is 29.1 Å². The number of fused-ring (bicyclic) bond motifs is 2. The lowest BCUT2D eigenvalue weighted by molar-refractivity contribution is -0.142. The number of esters is 1. The highest BCUT2D eigenvalue weighted by Gasteiger charge is 2.19. The molecule has 1 heterocycles. The van der Waals surface area contributed by atoms with E-state index in [0.717, 1.165) is 19.3 Å². The van der Waals surface area contributed by atoms with E-state index >= 15 is 0 Å². The highest BCUT2D eigenvalue weighted by atomic mass is 16.5. The van der Waals surface area contributed by atoms with Gasteiger partial charge >= 0.3 is 5.97 Å². The highest BCUT2D eigenvalue weighted by Crippen LogP contribution is 2.28. The molecule has 0 saturated carbocycles. The highest BCUT2D eigenvalue weighted by molar-refractivity contribution is 6.02. The van der Waals surface area contributed by atoms with Crippen molar-refractivity contribution in [2.45, 2.75) is 38.5 Å². The van der Waals surface area contributed by atoms with Crippen molar-refractivity contribution in [2.24, 2.45) is 0 Å². The number of amides is 1. The Labute approximate surface area is 179 Å². The van der Waals surface area contributed by atoms with E-state index in [0.29, 0.717) is 22.6 Å². The number of carbonyl (C=O) groups excluding carboxylic acids is 4. The number of hydrogen-bond donors (Lipinski definition) is 1. The molecule has 2 aromatic carbocycles. The van der Waals surface area contributed by atoms with Gasteiger partial charge in [-0.05, 0) is 61.1 Å². The first kappa shape index (κ1) is 20.8. The van der Waals surface area contributed by atoms with Crippen LogP contribution in [0.5, 0.6) is 5.75 Å². The second kappa shape index (κ2) is 9.12. The monoisotopic (exact) mass is 421 g/mol. The van der Waals surface area contributed by atoms with Gasteiger partial charge in [-0.3, -0.25) is 19.2 Å². The summed E-state index contributed by atoms with van der Waals surface area (Å²) >= 11 is 0. The molecule has 1 N–H and O–H groups in total. The predicted molar refractivity (Wildman–Crippen MR) is 113 cm³/mol. The Kier molecular flexibility index (Phi) is 6.11. The standard InChI is InChI=1S/C24H23NO6/c26-20(17-6-5-15-3-1-2-4-16(15)11-17)8-10-24(29)31-13-21(27)18-7-9-22-19(12-18)25-23(28)14-30-22/h5-7,9,11-12H,1-4,8,10,13-14H2,(H,25,28). The summed E-state index contributed by atoms with van der Waals surface area (Å²) in [4.78, 5) is 48.2. The SMILES string of the molecule is O=C1COc2ccc(C(=O)COC(=O)CCC(=O)c3ccc4c(c3)CCCC4)cc2N1. The van der Waals surface area contributed by atoms with E-state index in [2.05, 4.69) is 5.32 Å². The molecule has 0 atom stereocenters. The normalized spacial score (nSPS) is 14.5. The number of aryl methyl sites for hydroxylation is 2. The van der Waals surface area contributed by atoms with Crippen LogP contribution >= 0.6 is 0 Å². The van der Waals surface area contributed by atoms with Crippen molar-refractivity contribution in [1.29, 1.82) is 0 Å². The maximum absolute atomic E-state index is 12.4. The van der Waals surface area contributed by atoms with E-state index in [1.165, 1.54) is 23.6 Å². The van der Waals surface area contributed by atoms with Crippen LogP contribution in [0.4, 0.5) is 5.69 Å². The Hall–Kier alpha value is -3.48. The molecule has 0 aromatic heterocycles. The lowest BCUT2D eigenvalue weighted by Crippen LogP contribution is -2.25. The average Bonchev–Trinajstić information content (AvgIpc) is 2.80. The molecule has 7 nitrogen and oxygen atoms in total. The minimum absolute atomic E-state index is 0.0357. The first-order chi connectivity index (χ1) is 15.0. The summed E-state index contributed by atoms with van der Waals surface area (Å²) in [5.74, 6) is -0.936. The number of ketones is 2. The number of carbonyl (C=O) groups is 4. The van der Waals surface area contributed by atoms with Gasteiger partial charge in [0.15, 0.2) is 24.8 Å². The summed E-state index contributed by atoms with van der Waals surface area (Å²) in [7, 11) is 0. The number of nitrogens with one attached hydrogen (secondary N) is 1. The van der Waals surface area contributed by atoms with Gasteiger partial charge in [0.1, 0.15) is 5.75 Å². The van der Waals surface area contributed by atoms with Crippen molar-refractivity contribution in [2.75, 3.05) is 18.5 Å².